The molecule has 0 aliphatic rings. The number of hydrogen-bond acceptors (Lipinski definition) is 6. The van der Waals surface area contributed by atoms with Gasteiger partial charge in [0.2, 0.25) is 11.8 Å². The highest BCUT2D eigenvalue weighted by Gasteiger charge is 2.22. The lowest BCUT2D eigenvalue weighted by atomic mass is 10.1. The molecule has 8 nitrogen and oxygen atoms in total. The number of nitrogens with zero attached hydrogens (tertiary/aromatic N) is 4. The number of carboxylic acid groups (broad SMARTS) is 1. The summed E-state index contributed by atoms with van der Waals surface area (Å²) < 4.78 is 6.78. The average molecular weight is 277 g/mol. The van der Waals surface area contributed by atoms with Crippen molar-refractivity contribution in [2.75, 3.05) is 11.9 Å². The Morgan fingerprint density at radius 1 is 1.60 bits per heavy atom. The third kappa shape index (κ3) is 3.22. The fourth-order valence-corrected chi connectivity index (χ4v) is 1.65. The Bertz CT molecular complexity index is 598. The molecule has 0 aromatic carbocycles. The molecule has 0 spiro atoms. The summed E-state index contributed by atoms with van der Waals surface area (Å²) in [5.41, 5.74) is 0.519. The van der Waals surface area contributed by atoms with Gasteiger partial charge >= 0.3 is 5.97 Å². The highest BCUT2D eigenvalue weighted by molar-refractivity contribution is 5.78. The van der Waals surface area contributed by atoms with Gasteiger partial charge in [-0.1, -0.05) is 0 Å². The van der Waals surface area contributed by atoms with E-state index in [9.17, 15) is 9.90 Å². The minimum absolute atomic E-state index is 0.187. The summed E-state index contributed by atoms with van der Waals surface area (Å²) in [4.78, 5) is 19.4. The van der Waals surface area contributed by atoms with Crippen molar-refractivity contribution in [1.82, 2.24) is 19.7 Å². The van der Waals surface area contributed by atoms with Gasteiger partial charge in [-0.15, -0.1) is 0 Å². The van der Waals surface area contributed by atoms with Gasteiger partial charge < -0.3 is 15.2 Å². The van der Waals surface area contributed by atoms with Crippen molar-refractivity contribution in [2.45, 2.75) is 13.0 Å². The number of aliphatic carboxylic acids is 1. The molecule has 0 radical (unpaired) electrons. The van der Waals surface area contributed by atoms with Crippen LogP contribution in [0.2, 0.25) is 0 Å². The quantitative estimate of drug-likeness (QED) is 0.806. The van der Waals surface area contributed by atoms with E-state index in [0.717, 1.165) is 0 Å². The monoisotopic (exact) mass is 277 g/mol. The number of nitrogens with one attached hydrogen (secondary N) is 1. The van der Waals surface area contributed by atoms with Crippen LogP contribution in [0, 0.1) is 0 Å². The minimum Gasteiger partial charge on any atom is -0.479 e. The van der Waals surface area contributed by atoms with Gasteiger partial charge in [0.25, 0.3) is 0 Å². The smallest absolute Gasteiger partial charge is 0.331 e. The first-order chi connectivity index (χ1) is 9.60. The van der Waals surface area contributed by atoms with Crippen LogP contribution in [0.25, 0.3) is 0 Å². The molecule has 2 aromatic heterocycles. The van der Waals surface area contributed by atoms with Crippen LogP contribution in [0.15, 0.2) is 24.7 Å². The third-order valence-electron chi connectivity index (χ3n) is 2.50. The first-order valence-electron chi connectivity index (χ1n) is 6.04. The number of hydrogen-bond donors (Lipinski definition) is 2. The topological polar surface area (TPSA) is 102 Å². The van der Waals surface area contributed by atoms with Gasteiger partial charge in [0.05, 0.1) is 12.8 Å². The maximum Gasteiger partial charge on any atom is 0.331 e. The number of carbonyl (C=O) groups is 1. The second kappa shape index (κ2) is 6.00. The SMILES string of the molecule is CCOc1ccnc(NC(C(=O)O)c2cnn(C)c2)n1. The van der Waals surface area contributed by atoms with Gasteiger partial charge in [0.1, 0.15) is 0 Å². The van der Waals surface area contributed by atoms with Crippen molar-refractivity contribution in [3.05, 3.63) is 30.2 Å². The van der Waals surface area contributed by atoms with E-state index in [1.807, 2.05) is 6.92 Å². The van der Waals surface area contributed by atoms with Crippen LogP contribution in [0.4, 0.5) is 5.95 Å². The molecule has 0 aliphatic carbocycles. The van der Waals surface area contributed by atoms with Crippen molar-refractivity contribution < 1.29 is 14.6 Å². The Morgan fingerprint density at radius 3 is 3.00 bits per heavy atom. The summed E-state index contributed by atoms with van der Waals surface area (Å²) in [7, 11) is 1.72. The molecule has 106 valence electrons. The molecule has 0 aliphatic heterocycles. The maximum absolute atomic E-state index is 11.3. The van der Waals surface area contributed by atoms with E-state index in [1.54, 1.807) is 19.3 Å². The van der Waals surface area contributed by atoms with Crippen molar-refractivity contribution in [3.63, 3.8) is 0 Å². The van der Waals surface area contributed by atoms with Gasteiger partial charge in [-0.3, -0.25) is 4.68 Å². The van der Waals surface area contributed by atoms with Gasteiger partial charge in [0, 0.05) is 31.1 Å². The highest BCUT2D eigenvalue weighted by Crippen LogP contribution is 2.18. The van der Waals surface area contributed by atoms with Gasteiger partial charge in [-0.05, 0) is 6.92 Å². The first-order valence-corrected chi connectivity index (χ1v) is 6.04. The molecule has 2 N–H and O–H groups in total. The lowest BCUT2D eigenvalue weighted by Gasteiger charge is -2.13. The predicted molar refractivity (Wildman–Crippen MR) is 70.4 cm³/mol. The normalized spacial score (nSPS) is 11.9. The molecule has 0 saturated heterocycles. The molecular formula is C12H15N5O3. The van der Waals surface area contributed by atoms with E-state index in [2.05, 4.69) is 20.4 Å². The van der Waals surface area contributed by atoms with Crippen LogP contribution < -0.4 is 10.1 Å². The number of rotatable bonds is 6. The van der Waals surface area contributed by atoms with Crippen LogP contribution in [0.5, 0.6) is 5.88 Å². The molecule has 0 fully saturated rings. The number of ether oxygens (including phenoxy) is 1. The second-order valence-corrected chi connectivity index (χ2v) is 4.01. The summed E-state index contributed by atoms with van der Waals surface area (Å²) >= 11 is 0. The first kappa shape index (κ1) is 13.8. The zero-order chi connectivity index (χ0) is 14.5. The Labute approximate surface area is 115 Å². The molecule has 2 rings (SSSR count). The van der Waals surface area contributed by atoms with Crippen LogP contribution in [-0.4, -0.2) is 37.4 Å². The van der Waals surface area contributed by atoms with Crippen LogP contribution in [0.3, 0.4) is 0 Å². The molecule has 1 unspecified atom stereocenters. The van der Waals surface area contributed by atoms with Gasteiger partial charge in [0.15, 0.2) is 6.04 Å². The molecule has 0 amide bonds. The summed E-state index contributed by atoms with van der Waals surface area (Å²) in [6.45, 7) is 2.31. The van der Waals surface area contributed by atoms with Gasteiger partial charge in [-0.25, -0.2) is 9.78 Å². The minimum atomic E-state index is -1.04. The fourth-order valence-electron chi connectivity index (χ4n) is 1.65. The summed E-state index contributed by atoms with van der Waals surface area (Å²) in [6, 6.07) is 0.634. The van der Waals surface area contributed by atoms with Crippen LogP contribution >= 0.6 is 0 Å². The summed E-state index contributed by atoms with van der Waals surface area (Å²) in [5.74, 6) is -0.462. The number of anilines is 1. The Morgan fingerprint density at radius 2 is 2.40 bits per heavy atom. The second-order valence-electron chi connectivity index (χ2n) is 4.01. The molecular weight excluding hydrogens is 262 g/mol. The molecule has 20 heavy (non-hydrogen) atoms. The van der Waals surface area contributed by atoms with E-state index >= 15 is 0 Å². The maximum atomic E-state index is 11.3. The Kier molecular flexibility index (Phi) is 4.14. The highest BCUT2D eigenvalue weighted by atomic mass is 16.5. The summed E-state index contributed by atoms with van der Waals surface area (Å²) in [6.07, 6.45) is 4.61. The molecule has 2 aromatic rings. The van der Waals surface area contributed by atoms with Crippen molar-refractivity contribution in [2.24, 2.45) is 7.05 Å². The lowest BCUT2D eigenvalue weighted by Crippen LogP contribution is -2.21. The molecule has 1 atom stereocenters. The predicted octanol–water partition coefficient (Wildman–Crippen LogP) is 0.847. The van der Waals surface area contributed by atoms with Gasteiger partial charge in [-0.2, -0.15) is 10.1 Å². The van der Waals surface area contributed by atoms with E-state index in [1.165, 1.54) is 17.1 Å². The number of aromatic nitrogens is 4. The van der Waals surface area contributed by atoms with E-state index in [4.69, 9.17) is 4.74 Å². The molecule has 0 saturated carbocycles. The zero-order valence-corrected chi connectivity index (χ0v) is 11.1. The third-order valence-corrected chi connectivity index (χ3v) is 2.50. The lowest BCUT2D eigenvalue weighted by molar-refractivity contribution is -0.138. The van der Waals surface area contributed by atoms with Crippen LogP contribution in [-0.2, 0) is 11.8 Å². The van der Waals surface area contributed by atoms with E-state index in [-0.39, 0.29) is 5.95 Å². The van der Waals surface area contributed by atoms with Crippen molar-refractivity contribution in [3.8, 4) is 5.88 Å². The molecule has 8 heteroatoms. The average Bonchev–Trinajstić information content (AvgIpc) is 2.83. The van der Waals surface area contributed by atoms with Crippen molar-refractivity contribution >= 4 is 11.9 Å². The zero-order valence-electron chi connectivity index (χ0n) is 11.1. The van der Waals surface area contributed by atoms with Crippen LogP contribution in [0.1, 0.15) is 18.5 Å². The molecule has 0 bridgehead atoms. The standard InChI is InChI=1S/C12H15N5O3/c1-3-20-9-4-5-13-12(15-9)16-10(11(18)19)8-6-14-17(2)7-8/h4-7,10H,3H2,1-2H3,(H,18,19)(H,13,15,16). The largest absolute Gasteiger partial charge is 0.479 e. The van der Waals surface area contributed by atoms with E-state index in [0.29, 0.717) is 18.1 Å². The Balaban J connectivity index is 2.20. The van der Waals surface area contributed by atoms with Crippen molar-refractivity contribution in [1.29, 1.82) is 0 Å². The number of carboxylic acids is 1. The van der Waals surface area contributed by atoms with E-state index < -0.39 is 12.0 Å². The summed E-state index contributed by atoms with van der Waals surface area (Å²) in [5, 5.41) is 16.0. The fraction of sp³-hybridized carbons (Fsp3) is 0.333. The molecule has 2 heterocycles. The Hall–Kier alpha value is -2.64. The number of aryl methyl sites for hydroxylation is 1.